The molecule has 2 rings (SSSR count). The Labute approximate surface area is 146 Å². The molecule has 2 aromatic rings. The zero-order chi connectivity index (χ0) is 17.6. The molecule has 1 unspecified atom stereocenters. The molecule has 1 amide bonds. The Kier molecular flexibility index (Phi) is 6.16. The standard InChI is InChI=1S/C17H20N2O3S2/c1-3-15(16-5-4-12-23-16)18-17(20)11-8-13-6-9-14(10-7-13)19-24(2,21)22/h4-12,15,19H,3H2,1-2H3,(H,18,20)/b11-8+. The topological polar surface area (TPSA) is 75.3 Å². The quantitative estimate of drug-likeness (QED) is 0.740. The molecule has 0 radical (unpaired) electrons. The molecule has 1 aromatic carbocycles. The fourth-order valence-corrected chi connectivity index (χ4v) is 3.56. The van der Waals surface area contributed by atoms with Gasteiger partial charge in [-0.15, -0.1) is 11.3 Å². The average Bonchev–Trinajstić information content (AvgIpc) is 3.04. The van der Waals surface area contributed by atoms with Crippen molar-refractivity contribution >= 4 is 39.0 Å². The summed E-state index contributed by atoms with van der Waals surface area (Å²) in [6.07, 6.45) is 5.10. The largest absolute Gasteiger partial charge is 0.345 e. The molecule has 0 spiro atoms. The Morgan fingerprint density at radius 2 is 1.96 bits per heavy atom. The SMILES string of the molecule is CCC(NC(=O)/C=C/c1ccc(NS(C)(=O)=O)cc1)c1cccs1. The number of nitrogens with one attached hydrogen (secondary N) is 2. The summed E-state index contributed by atoms with van der Waals surface area (Å²) in [6.45, 7) is 2.03. The van der Waals surface area contributed by atoms with Crippen LogP contribution >= 0.6 is 11.3 Å². The molecule has 24 heavy (non-hydrogen) atoms. The average molecular weight is 364 g/mol. The van der Waals surface area contributed by atoms with Crippen LogP contribution in [0, 0.1) is 0 Å². The van der Waals surface area contributed by atoms with E-state index < -0.39 is 10.0 Å². The van der Waals surface area contributed by atoms with Crippen LogP contribution < -0.4 is 10.0 Å². The van der Waals surface area contributed by atoms with Gasteiger partial charge in [0.05, 0.1) is 12.3 Å². The van der Waals surface area contributed by atoms with Crippen molar-refractivity contribution in [1.29, 1.82) is 0 Å². The number of carbonyl (C=O) groups is 1. The van der Waals surface area contributed by atoms with Crippen molar-refractivity contribution in [3.63, 3.8) is 0 Å². The van der Waals surface area contributed by atoms with E-state index in [1.165, 1.54) is 6.08 Å². The third-order valence-corrected chi connectivity index (χ3v) is 4.84. The Balaban J connectivity index is 1.96. The predicted molar refractivity (Wildman–Crippen MR) is 99.4 cm³/mol. The number of sulfonamides is 1. The van der Waals surface area contributed by atoms with E-state index >= 15 is 0 Å². The minimum atomic E-state index is -3.28. The van der Waals surface area contributed by atoms with Crippen LogP contribution in [0.2, 0.25) is 0 Å². The Bertz CT molecular complexity index is 795. The first-order valence-corrected chi connectivity index (χ1v) is 10.2. The van der Waals surface area contributed by atoms with E-state index in [1.807, 2.05) is 24.4 Å². The number of rotatable bonds is 7. The van der Waals surface area contributed by atoms with Crippen LogP contribution in [-0.2, 0) is 14.8 Å². The maximum absolute atomic E-state index is 12.1. The van der Waals surface area contributed by atoms with Crippen molar-refractivity contribution in [2.75, 3.05) is 11.0 Å². The monoisotopic (exact) mass is 364 g/mol. The van der Waals surface area contributed by atoms with Crippen molar-refractivity contribution in [1.82, 2.24) is 5.32 Å². The first-order chi connectivity index (χ1) is 11.4. The second-order valence-electron chi connectivity index (χ2n) is 5.31. The number of anilines is 1. The van der Waals surface area contributed by atoms with E-state index in [2.05, 4.69) is 10.0 Å². The highest BCUT2D eigenvalue weighted by Gasteiger charge is 2.11. The first-order valence-electron chi connectivity index (χ1n) is 7.47. The molecule has 1 aromatic heterocycles. The number of benzene rings is 1. The summed E-state index contributed by atoms with van der Waals surface area (Å²) < 4.78 is 24.7. The minimum Gasteiger partial charge on any atom is -0.345 e. The molecule has 128 valence electrons. The summed E-state index contributed by atoms with van der Waals surface area (Å²) in [5, 5.41) is 4.97. The normalized spacial score (nSPS) is 12.9. The van der Waals surface area contributed by atoms with E-state index in [-0.39, 0.29) is 11.9 Å². The van der Waals surface area contributed by atoms with Crippen LogP contribution in [0.5, 0.6) is 0 Å². The van der Waals surface area contributed by atoms with Crippen molar-refractivity contribution in [2.24, 2.45) is 0 Å². The lowest BCUT2D eigenvalue weighted by atomic mass is 10.1. The zero-order valence-electron chi connectivity index (χ0n) is 13.5. The van der Waals surface area contributed by atoms with Crippen molar-refractivity contribution in [3.05, 3.63) is 58.3 Å². The smallest absolute Gasteiger partial charge is 0.244 e. The van der Waals surface area contributed by atoms with Crippen LogP contribution in [0.4, 0.5) is 5.69 Å². The molecule has 0 aliphatic heterocycles. The molecule has 1 atom stereocenters. The van der Waals surface area contributed by atoms with Gasteiger partial charge in [0.25, 0.3) is 0 Å². The Morgan fingerprint density at radius 3 is 2.50 bits per heavy atom. The molecular formula is C17H20N2O3S2. The van der Waals surface area contributed by atoms with E-state index in [0.29, 0.717) is 5.69 Å². The van der Waals surface area contributed by atoms with Crippen LogP contribution in [0.15, 0.2) is 47.9 Å². The highest BCUT2D eigenvalue weighted by Crippen LogP contribution is 2.21. The van der Waals surface area contributed by atoms with E-state index in [4.69, 9.17) is 0 Å². The molecule has 0 aliphatic carbocycles. The maximum atomic E-state index is 12.1. The van der Waals surface area contributed by atoms with Crippen molar-refractivity contribution in [2.45, 2.75) is 19.4 Å². The van der Waals surface area contributed by atoms with E-state index in [9.17, 15) is 13.2 Å². The van der Waals surface area contributed by atoms with Gasteiger partial charge in [-0.2, -0.15) is 0 Å². The van der Waals surface area contributed by atoms with E-state index in [1.54, 1.807) is 41.7 Å². The lowest BCUT2D eigenvalue weighted by molar-refractivity contribution is -0.117. The van der Waals surface area contributed by atoms with Crippen LogP contribution in [0.1, 0.15) is 29.8 Å². The summed E-state index contributed by atoms with van der Waals surface area (Å²) >= 11 is 1.62. The van der Waals surface area contributed by atoms with Gasteiger partial charge in [0.1, 0.15) is 0 Å². The molecule has 5 nitrogen and oxygen atoms in total. The van der Waals surface area contributed by atoms with Crippen LogP contribution in [0.25, 0.3) is 6.08 Å². The van der Waals surface area contributed by atoms with Crippen LogP contribution in [0.3, 0.4) is 0 Å². The van der Waals surface area contributed by atoms with Gasteiger partial charge in [0.15, 0.2) is 0 Å². The van der Waals surface area contributed by atoms with Gasteiger partial charge < -0.3 is 5.32 Å². The summed E-state index contributed by atoms with van der Waals surface area (Å²) in [5.74, 6) is -0.159. The molecule has 1 heterocycles. The predicted octanol–water partition coefficient (Wildman–Crippen LogP) is 3.40. The lowest BCUT2D eigenvalue weighted by Gasteiger charge is -2.13. The molecule has 0 aliphatic rings. The molecule has 0 saturated carbocycles. The summed E-state index contributed by atoms with van der Waals surface area (Å²) in [6, 6.07) is 10.8. The Hall–Kier alpha value is -2.12. The first kappa shape index (κ1) is 18.2. The number of hydrogen-bond acceptors (Lipinski definition) is 4. The number of amides is 1. The Morgan fingerprint density at radius 1 is 1.25 bits per heavy atom. The second-order valence-corrected chi connectivity index (χ2v) is 8.04. The maximum Gasteiger partial charge on any atom is 0.244 e. The fourth-order valence-electron chi connectivity index (χ4n) is 2.13. The number of hydrogen-bond donors (Lipinski definition) is 2. The molecule has 0 fully saturated rings. The lowest BCUT2D eigenvalue weighted by Crippen LogP contribution is -2.25. The molecule has 7 heteroatoms. The van der Waals surface area contributed by atoms with Crippen molar-refractivity contribution < 1.29 is 13.2 Å². The summed E-state index contributed by atoms with van der Waals surface area (Å²) in [5.41, 5.74) is 1.30. The van der Waals surface area contributed by atoms with Gasteiger partial charge in [0.2, 0.25) is 15.9 Å². The minimum absolute atomic E-state index is 0.0171. The van der Waals surface area contributed by atoms with Gasteiger partial charge in [-0.05, 0) is 41.6 Å². The zero-order valence-corrected chi connectivity index (χ0v) is 15.2. The second kappa shape index (κ2) is 8.12. The van der Waals surface area contributed by atoms with Gasteiger partial charge in [-0.3, -0.25) is 9.52 Å². The van der Waals surface area contributed by atoms with Gasteiger partial charge in [0, 0.05) is 16.6 Å². The fraction of sp³-hybridized carbons (Fsp3) is 0.235. The molecule has 0 bridgehead atoms. The molecule has 0 saturated heterocycles. The third-order valence-electron chi connectivity index (χ3n) is 3.25. The summed E-state index contributed by atoms with van der Waals surface area (Å²) in [7, 11) is -3.28. The third kappa shape index (κ3) is 5.82. The van der Waals surface area contributed by atoms with Gasteiger partial charge in [-0.1, -0.05) is 25.1 Å². The summed E-state index contributed by atoms with van der Waals surface area (Å²) in [4.78, 5) is 13.2. The van der Waals surface area contributed by atoms with Gasteiger partial charge >= 0.3 is 0 Å². The van der Waals surface area contributed by atoms with Crippen molar-refractivity contribution in [3.8, 4) is 0 Å². The number of carbonyl (C=O) groups excluding carboxylic acids is 1. The molecular weight excluding hydrogens is 344 g/mol. The van der Waals surface area contributed by atoms with Crippen LogP contribution in [-0.4, -0.2) is 20.6 Å². The highest BCUT2D eigenvalue weighted by molar-refractivity contribution is 7.92. The highest BCUT2D eigenvalue weighted by atomic mass is 32.2. The number of thiophene rings is 1. The van der Waals surface area contributed by atoms with Gasteiger partial charge in [-0.25, -0.2) is 8.42 Å². The molecule has 2 N–H and O–H groups in total. The van der Waals surface area contributed by atoms with E-state index in [0.717, 1.165) is 23.1 Å².